The van der Waals surface area contributed by atoms with Crippen molar-refractivity contribution in [2.75, 3.05) is 0 Å². The molecule has 0 aliphatic carbocycles. The fourth-order valence-corrected chi connectivity index (χ4v) is 3.83. The Morgan fingerprint density at radius 1 is 1.04 bits per heavy atom. The first-order chi connectivity index (χ1) is 13.4. The monoisotopic (exact) mass is 400 g/mol. The van der Waals surface area contributed by atoms with Crippen molar-refractivity contribution >= 4 is 23.1 Å². The molecule has 2 atom stereocenters. The predicted molar refractivity (Wildman–Crippen MR) is 98.6 cm³/mol. The Hall–Kier alpha value is -3.11. The molecule has 0 bridgehead atoms. The van der Waals surface area contributed by atoms with E-state index in [1.165, 1.54) is 18.3 Å². The first-order valence-electron chi connectivity index (χ1n) is 8.34. The van der Waals surface area contributed by atoms with Gasteiger partial charge in [0, 0.05) is 11.5 Å². The van der Waals surface area contributed by atoms with Crippen LogP contribution in [0, 0.1) is 17.2 Å². The molecule has 0 spiro atoms. The van der Waals surface area contributed by atoms with Gasteiger partial charge in [0.05, 0.1) is 28.6 Å². The zero-order valence-electron chi connectivity index (χ0n) is 14.2. The van der Waals surface area contributed by atoms with Crippen molar-refractivity contribution in [2.45, 2.75) is 12.1 Å². The summed E-state index contributed by atoms with van der Waals surface area (Å²) in [6, 6.07) is 15.0. The molecule has 2 aromatic carbocycles. The van der Waals surface area contributed by atoms with Gasteiger partial charge >= 0.3 is 6.18 Å². The summed E-state index contributed by atoms with van der Waals surface area (Å²) in [5.74, 6) is -1.15. The van der Waals surface area contributed by atoms with Crippen LogP contribution in [-0.4, -0.2) is 15.9 Å². The summed E-state index contributed by atoms with van der Waals surface area (Å²) in [6.45, 7) is 0. The standard InChI is InChI=1S/C20H12ClF3N4/c21-17-12(7-4-8-15(17)20(22,23)24)16-13(9-25)18(11-5-2-1-3-6-11)27-19-14(16)10-26-28-19/h1-8,10,13,16H,(H,26,28). The third-order valence-corrected chi connectivity index (χ3v) is 5.14. The van der Waals surface area contributed by atoms with Gasteiger partial charge in [-0.2, -0.15) is 23.5 Å². The number of benzene rings is 2. The number of aromatic nitrogens is 2. The van der Waals surface area contributed by atoms with Crippen LogP contribution in [0.1, 0.15) is 28.2 Å². The number of hydrogen-bond acceptors (Lipinski definition) is 3. The number of aromatic amines is 1. The highest BCUT2D eigenvalue weighted by molar-refractivity contribution is 6.32. The van der Waals surface area contributed by atoms with Gasteiger partial charge < -0.3 is 0 Å². The number of nitrogens with one attached hydrogen (secondary N) is 1. The molecule has 1 aromatic heterocycles. The van der Waals surface area contributed by atoms with Crippen LogP contribution >= 0.6 is 11.6 Å². The smallest absolute Gasteiger partial charge is 0.261 e. The quantitative estimate of drug-likeness (QED) is 0.618. The highest BCUT2D eigenvalue weighted by atomic mass is 35.5. The summed E-state index contributed by atoms with van der Waals surface area (Å²) in [7, 11) is 0. The zero-order chi connectivity index (χ0) is 19.9. The van der Waals surface area contributed by atoms with E-state index in [0.29, 0.717) is 22.7 Å². The summed E-state index contributed by atoms with van der Waals surface area (Å²) < 4.78 is 40.1. The average molecular weight is 401 g/mol. The zero-order valence-corrected chi connectivity index (χ0v) is 15.0. The highest BCUT2D eigenvalue weighted by Crippen LogP contribution is 2.47. The SMILES string of the molecule is N#CC1C(c2ccccc2)=Nc2[nH]ncc2C1c1cccc(C(F)(F)F)c1Cl. The van der Waals surface area contributed by atoms with Crippen LogP contribution < -0.4 is 0 Å². The number of nitriles is 1. The lowest BCUT2D eigenvalue weighted by atomic mass is 9.76. The lowest BCUT2D eigenvalue weighted by molar-refractivity contribution is -0.137. The molecule has 3 aromatic rings. The Labute approximate surface area is 163 Å². The van der Waals surface area contributed by atoms with Gasteiger partial charge in [-0.3, -0.25) is 5.10 Å². The van der Waals surface area contributed by atoms with Crippen LogP contribution in [0.3, 0.4) is 0 Å². The number of halogens is 4. The first kappa shape index (κ1) is 18.3. The molecule has 0 radical (unpaired) electrons. The lowest BCUT2D eigenvalue weighted by Crippen LogP contribution is -2.26. The minimum atomic E-state index is -4.60. The second-order valence-electron chi connectivity index (χ2n) is 6.33. The van der Waals surface area contributed by atoms with E-state index in [4.69, 9.17) is 11.6 Å². The van der Waals surface area contributed by atoms with Gasteiger partial charge in [0.1, 0.15) is 5.92 Å². The minimum absolute atomic E-state index is 0.217. The number of aliphatic imine (C=N–C) groups is 1. The molecular formula is C20H12ClF3N4. The van der Waals surface area contributed by atoms with Gasteiger partial charge in [0.25, 0.3) is 0 Å². The van der Waals surface area contributed by atoms with Crippen molar-refractivity contribution < 1.29 is 13.2 Å². The molecule has 140 valence electrons. The maximum absolute atomic E-state index is 13.4. The molecule has 4 rings (SSSR count). The minimum Gasteiger partial charge on any atom is -0.261 e. The predicted octanol–water partition coefficient (Wildman–Crippen LogP) is 5.49. The normalized spacial score (nSPS) is 18.9. The third kappa shape index (κ3) is 2.96. The summed E-state index contributed by atoms with van der Waals surface area (Å²) in [5.41, 5.74) is 0.986. The third-order valence-electron chi connectivity index (χ3n) is 4.72. The van der Waals surface area contributed by atoms with E-state index in [-0.39, 0.29) is 5.56 Å². The summed E-state index contributed by atoms with van der Waals surface area (Å²) >= 11 is 6.18. The van der Waals surface area contributed by atoms with Crippen molar-refractivity contribution in [1.29, 1.82) is 5.26 Å². The summed E-state index contributed by atoms with van der Waals surface area (Å²) in [6.07, 6.45) is -3.12. The van der Waals surface area contributed by atoms with Crippen molar-refractivity contribution in [1.82, 2.24) is 10.2 Å². The van der Waals surface area contributed by atoms with E-state index in [1.54, 1.807) is 24.3 Å². The van der Waals surface area contributed by atoms with Gasteiger partial charge in [-0.05, 0) is 17.2 Å². The van der Waals surface area contributed by atoms with Crippen molar-refractivity contribution in [2.24, 2.45) is 10.9 Å². The maximum Gasteiger partial charge on any atom is 0.417 e. The molecule has 0 amide bonds. The lowest BCUT2D eigenvalue weighted by Gasteiger charge is -2.28. The number of nitrogens with zero attached hydrogens (tertiary/aromatic N) is 3. The molecule has 0 saturated heterocycles. The Kier molecular flexibility index (Phi) is 4.44. The molecule has 8 heteroatoms. The Bertz CT molecular complexity index is 1100. The fourth-order valence-electron chi connectivity index (χ4n) is 3.48. The summed E-state index contributed by atoms with van der Waals surface area (Å²) in [5, 5.41) is 16.2. The van der Waals surface area contributed by atoms with Gasteiger partial charge in [-0.25, -0.2) is 4.99 Å². The number of alkyl halides is 3. The number of hydrogen-bond donors (Lipinski definition) is 1. The van der Waals surface area contributed by atoms with Crippen LogP contribution in [0.5, 0.6) is 0 Å². The van der Waals surface area contributed by atoms with E-state index < -0.39 is 28.6 Å². The average Bonchev–Trinajstić information content (AvgIpc) is 3.15. The van der Waals surface area contributed by atoms with Crippen LogP contribution in [0.4, 0.5) is 19.0 Å². The molecule has 0 fully saturated rings. The Morgan fingerprint density at radius 2 is 1.79 bits per heavy atom. The van der Waals surface area contributed by atoms with E-state index in [9.17, 15) is 18.4 Å². The Balaban J connectivity index is 1.93. The number of fused-ring (bicyclic) bond motifs is 1. The molecule has 4 nitrogen and oxygen atoms in total. The van der Waals surface area contributed by atoms with Crippen molar-refractivity contribution in [3.8, 4) is 6.07 Å². The molecule has 28 heavy (non-hydrogen) atoms. The molecule has 1 N–H and O–H groups in total. The van der Waals surface area contributed by atoms with Gasteiger partial charge in [-0.15, -0.1) is 0 Å². The summed E-state index contributed by atoms with van der Waals surface area (Å²) in [4.78, 5) is 4.52. The molecule has 0 saturated carbocycles. The van der Waals surface area contributed by atoms with Crippen LogP contribution in [0.25, 0.3) is 0 Å². The molecule has 1 aliphatic rings. The fraction of sp³-hybridized carbons (Fsp3) is 0.150. The van der Waals surface area contributed by atoms with Crippen molar-refractivity contribution in [3.05, 3.63) is 82.0 Å². The highest BCUT2D eigenvalue weighted by Gasteiger charge is 2.40. The second kappa shape index (κ2) is 6.80. The number of H-pyrrole nitrogens is 1. The van der Waals surface area contributed by atoms with Gasteiger partial charge in [0.2, 0.25) is 0 Å². The molecular weight excluding hydrogens is 389 g/mol. The maximum atomic E-state index is 13.4. The van der Waals surface area contributed by atoms with Gasteiger partial charge in [0.15, 0.2) is 5.82 Å². The van der Waals surface area contributed by atoms with E-state index in [1.807, 2.05) is 6.07 Å². The van der Waals surface area contributed by atoms with E-state index in [2.05, 4.69) is 21.3 Å². The topological polar surface area (TPSA) is 64.8 Å². The van der Waals surface area contributed by atoms with Gasteiger partial charge in [-0.1, -0.05) is 54.1 Å². The molecule has 2 unspecified atom stereocenters. The van der Waals surface area contributed by atoms with E-state index in [0.717, 1.165) is 6.07 Å². The number of rotatable bonds is 2. The largest absolute Gasteiger partial charge is 0.417 e. The van der Waals surface area contributed by atoms with Crippen LogP contribution in [0.2, 0.25) is 5.02 Å². The van der Waals surface area contributed by atoms with Crippen LogP contribution in [-0.2, 0) is 6.18 Å². The van der Waals surface area contributed by atoms with Crippen LogP contribution in [0.15, 0.2) is 59.7 Å². The molecule has 1 aliphatic heterocycles. The second-order valence-corrected chi connectivity index (χ2v) is 6.71. The van der Waals surface area contributed by atoms with Crippen molar-refractivity contribution in [3.63, 3.8) is 0 Å². The molecule has 2 heterocycles. The first-order valence-corrected chi connectivity index (χ1v) is 8.72. The van der Waals surface area contributed by atoms with E-state index >= 15 is 0 Å². The Morgan fingerprint density at radius 3 is 2.46 bits per heavy atom.